The topological polar surface area (TPSA) is 37.4 Å². The first kappa shape index (κ1) is 14.4. The molecule has 0 atom stereocenters. The van der Waals surface area contributed by atoms with Crippen LogP contribution in [-0.4, -0.2) is 31.2 Å². The molecule has 1 fully saturated rings. The highest BCUT2D eigenvalue weighted by Crippen LogP contribution is 2.28. The summed E-state index contributed by atoms with van der Waals surface area (Å²) in [5.41, 5.74) is 0. The third-order valence-electron chi connectivity index (χ3n) is 2.91. The Balaban J connectivity index is 2.27. The molecule has 1 aromatic carbocycles. The molecule has 7 heteroatoms. The molecule has 0 unspecified atom stereocenters. The normalized spacial score (nSPS) is 19.1. The molecule has 0 aliphatic carbocycles. The molecule has 0 spiro atoms. The van der Waals surface area contributed by atoms with E-state index in [4.69, 9.17) is 34.8 Å². The fourth-order valence-corrected chi connectivity index (χ4v) is 3.91. The van der Waals surface area contributed by atoms with Crippen molar-refractivity contribution in [3.8, 4) is 0 Å². The zero-order valence-electron chi connectivity index (χ0n) is 9.44. The van der Waals surface area contributed by atoms with Gasteiger partial charge in [-0.15, -0.1) is 11.6 Å². The van der Waals surface area contributed by atoms with E-state index >= 15 is 0 Å². The van der Waals surface area contributed by atoms with Crippen LogP contribution in [0.2, 0.25) is 10.0 Å². The second-order valence-corrected chi connectivity index (χ2v) is 7.52. The van der Waals surface area contributed by atoms with Crippen LogP contribution >= 0.6 is 34.8 Å². The van der Waals surface area contributed by atoms with Crippen molar-refractivity contribution in [2.24, 2.45) is 0 Å². The summed E-state index contributed by atoms with van der Waals surface area (Å²) in [4.78, 5) is 0.171. The molecule has 0 N–H and O–H groups in total. The predicted octanol–water partition coefficient (Wildman–Crippen LogP) is 3.39. The first-order valence-electron chi connectivity index (χ1n) is 5.50. The van der Waals surface area contributed by atoms with E-state index in [1.165, 1.54) is 22.5 Å². The molecule has 1 saturated heterocycles. The second-order valence-electron chi connectivity index (χ2n) is 4.15. The van der Waals surface area contributed by atoms with Crippen molar-refractivity contribution in [1.29, 1.82) is 0 Å². The van der Waals surface area contributed by atoms with E-state index in [9.17, 15) is 8.42 Å². The Labute approximate surface area is 122 Å². The molecular weight excluding hydrogens is 317 g/mol. The van der Waals surface area contributed by atoms with Crippen LogP contribution in [0.5, 0.6) is 0 Å². The van der Waals surface area contributed by atoms with Gasteiger partial charge >= 0.3 is 0 Å². The lowest BCUT2D eigenvalue weighted by molar-refractivity contribution is 0.350. The maximum atomic E-state index is 12.3. The van der Waals surface area contributed by atoms with Gasteiger partial charge in [0.1, 0.15) is 0 Å². The van der Waals surface area contributed by atoms with Gasteiger partial charge in [0.2, 0.25) is 10.0 Å². The zero-order valence-corrected chi connectivity index (χ0v) is 12.5. The van der Waals surface area contributed by atoms with Crippen LogP contribution < -0.4 is 0 Å². The Kier molecular flexibility index (Phi) is 4.44. The molecule has 18 heavy (non-hydrogen) atoms. The summed E-state index contributed by atoms with van der Waals surface area (Å²) < 4.78 is 26.1. The summed E-state index contributed by atoms with van der Waals surface area (Å²) >= 11 is 17.6. The molecule has 0 radical (unpaired) electrons. The fourth-order valence-electron chi connectivity index (χ4n) is 1.85. The molecule has 2 rings (SSSR count). The third kappa shape index (κ3) is 2.94. The Morgan fingerprint density at radius 2 is 1.72 bits per heavy atom. The number of piperidine rings is 1. The van der Waals surface area contributed by atoms with Crippen LogP contribution in [0.4, 0.5) is 0 Å². The van der Waals surface area contributed by atoms with Gasteiger partial charge in [0.05, 0.1) is 14.9 Å². The quantitative estimate of drug-likeness (QED) is 0.780. The molecule has 1 aliphatic heterocycles. The van der Waals surface area contributed by atoms with Gasteiger partial charge in [-0.05, 0) is 31.0 Å². The van der Waals surface area contributed by atoms with Gasteiger partial charge in [0, 0.05) is 18.5 Å². The van der Waals surface area contributed by atoms with Crippen LogP contribution in [0.1, 0.15) is 12.8 Å². The Hall–Kier alpha value is -0.000000000000000111. The number of benzene rings is 1. The molecule has 1 aromatic rings. The number of hydrogen-bond donors (Lipinski definition) is 0. The van der Waals surface area contributed by atoms with Crippen molar-refractivity contribution in [3.05, 3.63) is 28.2 Å². The fraction of sp³-hybridized carbons (Fsp3) is 0.455. The van der Waals surface area contributed by atoms with Crippen LogP contribution in [0, 0.1) is 0 Å². The van der Waals surface area contributed by atoms with Crippen LogP contribution in [0.25, 0.3) is 0 Å². The summed E-state index contributed by atoms with van der Waals surface area (Å²) in [6.07, 6.45) is 1.34. The average molecular weight is 329 g/mol. The summed E-state index contributed by atoms with van der Waals surface area (Å²) in [6.45, 7) is 0.882. The monoisotopic (exact) mass is 327 g/mol. The molecular formula is C11H12Cl3NO2S. The van der Waals surface area contributed by atoms with E-state index in [2.05, 4.69) is 0 Å². The van der Waals surface area contributed by atoms with Gasteiger partial charge < -0.3 is 0 Å². The maximum absolute atomic E-state index is 12.3. The summed E-state index contributed by atoms with van der Waals surface area (Å²) in [5.74, 6) is 0. The standard InChI is InChI=1S/C11H12Cl3NO2S/c12-8-3-5-15(6-4-8)18(16,17)9-1-2-10(13)11(14)7-9/h1-2,7-8H,3-6H2. The van der Waals surface area contributed by atoms with E-state index in [-0.39, 0.29) is 15.3 Å². The molecule has 0 bridgehead atoms. The minimum absolute atomic E-state index is 0.0604. The van der Waals surface area contributed by atoms with Crippen molar-refractivity contribution in [1.82, 2.24) is 4.31 Å². The summed E-state index contributed by atoms with van der Waals surface area (Å²) in [7, 11) is -3.49. The number of alkyl halides is 1. The highest BCUT2D eigenvalue weighted by atomic mass is 35.5. The molecule has 0 saturated carbocycles. The lowest BCUT2D eigenvalue weighted by Crippen LogP contribution is -2.38. The smallest absolute Gasteiger partial charge is 0.207 e. The van der Waals surface area contributed by atoms with Gasteiger partial charge in [0.15, 0.2) is 0 Å². The molecule has 100 valence electrons. The zero-order chi connectivity index (χ0) is 13.3. The largest absolute Gasteiger partial charge is 0.243 e. The van der Waals surface area contributed by atoms with Crippen molar-refractivity contribution < 1.29 is 8.42 Å². The number of halogens is 3. The third-order valence-corrected chi connectivity index (χ3v) is 5.98. The molecule has 1 aliphatic rings. The SMILES string of the molecule is O=S(=O)(c1ccc(Cl)c(Cl)c1)N1CCC(Cl)CC1. The number of nitrogens with zero attached hydrogens (tertiary/aromatic N) is 1. The second kappa shape index (κ2) is 5.55. The van der Waals surface area contributed by atoms with Gasteiger partial charge in [-0.1, -0.05) is 23.2 Å². The number of rotatable bonds is 2. The minimum Gasteiger partial charge on any atom is -0.207 e. The molecule has 0 aromatic heterocycles. The number of sulfonamides is 1. The van der Waals surface area contributed by atoms with E-state index in [1.807, 2.05) is 0 Å². The lowest BCUT2D eigenvalue weighted by Gasteiger charge is -2.28. The van der Waals surface area contributed by atoms with Crippen molar-refractivity contribution in [2.45, 2.75) is 23.1 Å². The van der Waals surface area contributed by atoms with Gasteiger partial charge in [0.25, 0.3) is 0 Å². The average Bonchev–Trinajstić information content (AvgIpc) is 2.33. The van der Waals surface area contributed by atoms with Crippen LogP contribution in [0.15, 0.2) is 23.1 Å². The summed E-state index contributed by atoms with van der Waals surface area (Å²) in [6, 6.07) is 4.34. The number of hydrogen-bond acceptors (Lipinski definition) is 2. The van der Waals surface area contributed by atoms with Crippen LogP contribution in [0.3, 0.4) is 0 Å². The molecule has 1 heterocycles. The Morgan fingerprint density at radius 3 is 2.28 bits per heavy atom. The molecule has 0 amide bonds. The maximum Gasteiger partial charge on any atom is 0.243 e. The van der Waals surface area contributed by atoms with E-state index < -0.39 is 10.0 Å². The van der Waals surface area contributed by atoms with Crippen LogP contribution in [-0.2, 0) is 10.0 Å². The van der Waals surface area contributed by atoms with Crippen molar-refractivity contribution in [2.75, 3.05) is 13.1 Å². The Morgan fingerprint density at radius 1 is 1.11 bits per heavy atom. The predicted molar refractivity (Wildman–Crippen MR) is 74.1 cm³/mol. The lowest BCUT2D eigenvalue weighted by atomic mass is 10.2. The highest BCUT2D eigenvalue weighted by molar-refractivity contribution is 7.89. The molecule has 3 nitrogen and oxygen atoms in total. The van der Waals surface area contributed by atoms with E-state index in [0.717, 1.165) is 0 Å². The minimum atomic E-state index is -3.49. The van der Waals surface area contributed by atoms with Gasteiger partial charge in [-0.3, -0.25) is 0 Å². The first-order chi connectivity index (χ1) is 8.41. The Bertz CT molecular complexity index is 539. The van der Waals surface area contributed by atoms with Crippen molar-refractivity contribution >= 4 is 44.8 Å². The van der Waals surface area contributed by atoms with Crippen molar-refractivity contribution in [3.63, 3.8) is 0 Å². The summed E-state index contributed by atoms with van der Waals surface area (Å²) in [5, 5.41) is 0.644. The van der Waals surface area contributed by atoms with E-state index in [0.29, 0.717) is 31.0 Å². The van der Waals surface area contributed by atoms with E-state index in [1.54, 1.807) is 0 Å². The van der Waals surface area contributed by atoms with Gasteiger partial charge in [-0.2, -0.15) is 4.31 Å². The first-order valence-corrected chi connectivity index (χ1v) is 8.14. The van der Waals surface area contributed by atoms with Gasteiger partial charge in [-0.25, -0.2) is 8.42 Å². The highest BCUT2D eigenvalue weighted by Gasteiger charge is 2.28.